The lowest BCUT2D eigenvalue weighted by molar-refractivity contribution is 0.234. The quantitative estimate of drug-likeness (QED) is 0.796. The molecule has 0 bridgehead atoms. The van der Waals surface area contributed by atoms with E-state index in [4.69, 9.17) is 23.2 Å². The van der Waals surface area contributed by atoms with E-state index in [9.17, 15) is 0 Å². The fourth-order valence-electron chi connectivity index (χ4n) is 2.66. The molecule has 1 N–H and O–H groups in total. The summed E-state index contributed by atoms with van der Waals surface area (Å²) in [4.78, 5) is 6.47. The van der Waals surface area contributed by atoms with Gasteiger partial charge in [-0.05, 0) is 31.4 Å². The molecule has 2 aliphatic heterocycles. The normalized spacial score (nSPS) is 28.2. The highest BCUT2D eigenvalue weighted by Crippen LogP contribution is 2.29. The Bertz CT molecular complexity index is 424. The number of hydrogen-bond donors (Lipinski definition) is 1. The van der Waals surface area contributed by atoms with Gasteiger partial charge in [-0.25, -0.2) is 4.98 Å². The van der Waals surface area contributed by atoms with Crippen LogP contribution in [0.25, 0.3) is 0 Å². The van der Waals surface area contributed by atoms with Crippen LogP contribution in [0, 0.1) is 5.92 Å². The van der Waals surface area contributed by atoms with Crippen LogP contribution in [0.4, 0.5) is 5.69 Å². The zero-order valence-electron chi connectivity index (χ0n) is 9.50. The number of rotatable bonds is 1. The van der Waals surface area contributed by atoms with E-state index in [-0.39, 0.29) is 0 Å². The van der Waals surface area contributed by atoms with Crippen LogP contribution in [-0.2, 0) is 0 Å². The summed E-state index contributed by atoms with van der Waals surface area (Å²) in [6.07, 6.45) is 4.37. The SMILES string of the molecule is Clc1cc(N2CCC[C@H]3CN[C@H]3C2)cnc1Cl. The molecular formula is C12H15Cl2N3. The third-order valence-corrected chi connectivity index (χ3v) is 4.46. The van der Waals surface area contributed by atoms with Crippen molar-refractivity contribution in [1.82, 2.24) is 10.3 Å². The van der Waals surface area contributed by atoms with Crippen molar-refractivity contribution in [2.24, 2.45) is 5.92 Å². The number of halogens is 2. The minimum atomic E-state index is 0.380. The van der Waals surface area contributed by atoms with Crippen LogP contribution in [-0.4, -0.2) is 30.7 Å². The summed E-state index contributed by atoms with van der Waals surface area (Å²) in [5.74, 6) is 0.857. The third kappa shape index (κ3) is 2.24. The monoisotopic (exact) mass is 271 g/mol. The first kappa shape index (κ1) is 11.6. The summed E-state index contributed by atoms with van der Waals surface area (Å²) in [5.41, 5.74) is 1.08. The summed E-state index contributed by atoms with van der Waals surface area (Å²) in [5, 5.41) is 4.41. The van der Waals surface area contributed by atoms with Gasteiger partial charge in [0.2, 0.25) is 0 Å². The molecule has 0 radical (unpaired) electrons. The van der Waals surface area contributed by atoms with E-state index in [1.807, 2.05) is 12.3 Å². The Labute approximate surface area is 111 Å². The van der Waals surface area contributed by atoms with E-state index in [0.717, 1.165) is 24.7 Å². The molecule has 0 unspecified atom stereocenters. The first-order valence-corrected chi connectivity index (χ1v) is 6.79. The first-order valence-electron chi connectivity index (χ1n) is 6.03. The summed E-state index contributed by atoms with van der Waals surface area (Å²) in [6, 6.07) is 2.54. The van der Waals surface area contributed by atoms with Gasteiger partial charge in [-0.3, -0.25) is 0 Å². The second-order valence-electron chi connectivity index (χ2n) is 4.83. The van der Waals surface area contributed by atoms with Crippen LogP contribution in [0.5, 0.6) is 0 Å². The summed E-state index contributed by atoms with van der Waals surface area (Å²) in [7, 11) is 0. The van der Waals surface area contributed by atoms with Gasteiger partial charge in [-0.15, -0.1) is 0 Å². The molecule has 1 aromatic heterocycles. The van der Waals surface area contributed by atoms with Gasteiger partial charge in [0.05, 0.1) is 16.9 Å². The van der Waals surface area contributed by atoms with Gasteiger partial charge in [-0.2, -0.15) is 0 Å². The van der Waals surface area contributed by atoms with Gasteiger partial charge in [0, 0.05) is 19.1 Å². The Kier molecular flexibility index (Phi) is 3.16. The number of nitrogens with zero attached hydrogens (tertiary/aromatic N) is 2. The fraction of sp³-hybridized carbons (Fsp3) is 0.583. The van der Waals surface area contributed by atoms with Crippen LogP contribution in [0.1, 0.15) is 12.8 Å². The van der Waals surface area contributed by atoms with Crippen molar-refractivity contribution < 1.29 is 0 Å². The Morgan fingerprint density at radius 1 is 1.41 bits per heavy atom. The second kappa shape index (κ2) is 4.63. The molecule has 0 aromatic carbocycles. The maximum absolute atomic E-state index is 6.02. The largest absolute Gasteiger partial charge is 0.369 e. The van der Waals surface area contributed by atoms with E-state index in [1.54, 1.807) is 0 Å². The van der Waals surface area contributed by atoms with Gasteiger partial charge in [0.1, 0.15) is 5.15 Å². The van der Waals surface area contributed by atoms with Crippen molar-refractivity contribution >= 4 is 28.9 Å². The zero-order chi connectivity index (χ0) is 11.8. The molecule has 3 heterocycles. The molecule has 2 fully saturated rings. The van der Waals surface area contributed by atoms with Crippen LogP contribution in [0.15, 0.2) is 12.3 Å². The topological polar surface area (TPSA) is 28.2 Å². The van der Waals surface area contributed by atoms with Crippen LogP contribution < -0.4 is 10.2 Å². The first-order chi connectivity index (χ1) is 8.24. The molecule has 2 aliphatic rings. The van der Waals surface area contributed by atoms with E-state index in [2.05, 4.69) is 15.2 Å². The predicted molar refractivity (Wildman–Crippen MR) is 71.0 cm³/mol. The highest BCUT2D eigenvalue weighted by molar-refractivity contribution is 6.41. The number of hydrogen-bond acceptors (Lipinski definition) is 3. The Morgan fingerprint density at radius 3 is 3.00 bits per heavy atom. The Hall–Kier alpha value is -0.510. The molecule has 3 rings (SSSR count). The van der Waals surface area contributed by atoms with Crippen molar-refractivity contribution in [3.05, 3.63) is 22.4 Å². The highest BCUT2D eigenvalue weighted by atomic mass is 35.5. The molecule has 5 heteroatoms. The van der Waals surface area contributed by atoms with Crippen molar-refractivity contribution in [3.63, 3.8) is 0 Å². The van der Waals surface area contributed by atoms with Crippen LogP contribution >= 0.6 is 23.2 Å². The molecule has 0 spiro atoms. The van der Waals surface area contributed by atoms with E-state index >= 15 is 0 Å². The average molecular weight is 272 g/mol. The molecular weight excluding hydrogens is 257 g/mol. The molecule has 0 amide bonds. The van der Waals surface area contributed by atoms with E-state index in [1.165, 1.54) is 19.4 Å². The number of nitrogens with one attached hydrogen (secondary N) is 1. The lowest BCUT2D eigenvalue weighted by atomic mass is 9.89. The second-order valence-corrected chi connectivity index (χ2v) is 5.59. The summed E-state index contributed by atoms with van der Waals surface area (Å²) < 4.78 is 0. The Balaban J connectivity index is 1.80. The van der Waals surface area contributed by atoms with Gasteiger partial charge in [0.25, 0.3) is 0 Å². The molecule has 2 saturated heterocycles. The molecule has 0 aliphatic carbocycles. The van der Waals surface area contributed by atoms with E-state index < -0.39 is 0 Å². The standard InChI is InChI=1S/C12H15Cl2N3/c13-10-4-9(6-16-12(10)14)17-3-1-2-8-5-15-11(8)7-17/h4,6,8,11,15H,1-3,5,7H2/t8-,11-/m0/s1. The number of aromatic nitrogens is 1. The lowest BCUT2D eigenvalue weighted by Crippen LogP contribution is -2.56. The third-order valence-electron chi connectivity index (χ3n) is 3.78. The maximum Gasteiger partial charge on any atom is 0.147 e. The summed E-state index contributed by atoms with van der Waals surface area (Å²) in [6.45, 7) is 3.30. The van der Waals surface area contributed by atoms with Gasteiger partial charge >= 0.3 is 0 Å². The van der Waals surface area contributed by atoms with E-state index in [0.29, 0.717) is 16.2 Å². The average Bonchev–Trinajstić information content (AvgIpc) is 2.43. The Morgan fingerprint density at radius 2 is 2.29 bits per heavy atom. The lowest BCUT2D eigenvalue weighted by Gasteiger charge is -2.38. The fourth-order valence-corrected chi connectivity index (χ4v) is 2.92. The molecule has 17 heavy (non-hydrogen) atoms. The van der Waals surface area contributed by atoms with Gasteiger partial charge < -0.3 is 10.2 Å². The van der Waals surface area contributed by atoms with Gasteiger partial charge in [0.15, 0.2) is 0 Å². The van der Waals surface area contributed by atoms with Crippen LogP contribution in [0.3, 0.4) is 0 Å². The molecule has 1 aromatic rings. The van der Waals surface area contributed by atoms with Gasteiger partial charge in [-0.1, -0.05) is 23.2 Å². The van der Waals surface area contributed by atoms with Crippen molar-refractivity contribution in [2.75, 3.05) is 24.5 Å². The van der Waals surface area contributed by atoms with Crippen molar-refractivity contribution in [2.45, 2.75) is 18.9 Å². The molecule has 2 atom stereocenters. The highest BCUT2D eigenvalue weighted by Gasteiger charge is 2.33. The molecule has 92 valence electrons. The predicted octanol–water partition coefficient (Wildman–Crippen LogP) is 2.58. The summed E-state index contributed by atoms with van der Waals surface area (Å²) >= 11 is 11.9. The van der Waals surface area contributed by atoms with Crippen LogP contribution in [0.2, 0.25) is 10.2 Å². The molecule has 3 nitrogen and oxygen atoms in total. The maximum atomic E-state index is 6.02. The number of anilines is 1. The minimum Gasteiger partial charge on any atom is -0.369 e. The van der Waals surface area contributed by atoms with Crippen molar-refractivity contribution in [1.29, 1.82) is 0 Å². The number of pyridine rings is 1. The minimum absolute atomic E-state index is 0.380. The zero-order valence-corrected chi connectivity index (χ0v) is 11.0. The molecule has 0 saturated carbocycles. The van der Waals surface area contributed by atoms with Crippen molar-refractivity contribution in [3.8, 4) is 0 Å². The number of fused-ring (bicyclic) bond motifs is 1. The smallest absolute Gasteiger partial charge is 0.147 e.